The molecule has 0 spiro atoms. The number of aryl methyl sites for hydroxylation is 2. The molecule has 0 atom stereocenters. The van der Waals surface area contributed by atoms with Crippen molar-refractivity contribution in [3.05, 3.63) is 45.3 Å². The van der Waals surface area contributed by atoms with Gasteiger partial charge in [0.05, 0.1) is 0 Å². The van der Waals surface area contributed by atoms with E-state index in [2.05, 4.69) is 50.2 Å². The van der Waals surface area contributed by atoms with Crippen LogP contribution < -0.4 is 0 Å². The van der Waals surface area contributed by atoms with Crippen molar-refractivity contribution in [1.29, 1.82) is 0 Å². The molecule has 0 N–H and O–H groups in total. The Labute approximate surface area is 120 Å². The van der Waals surface area contributed by atoms with Crippen LogP contribution in [0.25, 0.3) is 17.7 Å². The van der Waals surface area contributed by atoms with Gasteiger partial charge in [-0.15, -0.1) is 0 Å². The first-order chi connectivity index (χ1) is 8.22. The fourth-order valence-electron chi connectivity index (χ4n) is 1.74. The quantitative estimate of drug-likeness (QED) is 0.563. The molecule has 3 aromatic heterocycles. The average Bonchev–Trinajstić information content (AvgIpc) is 2.96. The molecule has 0 amide bonds. The van der Waals surface area contributed by atoms with Crippen LogP contribution in [0, 0.1) is 13.8 Å². The second-order valence-corrected chi connectivity index (χ2v) is 11.7. The van der Waals surface area contributed by atoms with Crippen molar-refractivity contribution in [1.82, 2.24) is 0 Å². The van der Waals surface area contributed by atoms with E-state index in [4.69, 9.17) is 0 Å². The molecule has 86 valence electrons. The Morgan fingerprint density at radius 3 is 1.24 bits per heavy atom. The van der Waals surface area contributed by atoms with E-state index in [1.54, 1.807) is 26.6 Å². The second-order valence-electron chi connectivity index (χ2n) is 3.98. The predicted molar refractivity (Wildman–Crippen MR) is 77.6 cm³/mol. The summed E-state index contributed by atoms with van der Waals surface area (Å²) in [6.45, 7) is 4.49. The van der Waals surface area contributed by atoms with Gasteiger partial charge in [0.15, 0.2) is 0 Å². The van der Waals surface area contributed by atoms with Crippen molar-refractivity contribution in [2.24, 2.45) is 0 Å². The fraction of sp³-hybridized carbons (Fsp3) is 0.143. The van der Waals surface area contributed by atoms with E-state index in [0.717, 1.165) is 0 Å². The van der Waals surface area contributed by atoms with Crippen molar-refractivity contribution in [3.8, 4) is 17.7 Å². The van der Waals surface area contributed by atoms with E-state index >= 15 is 0 Å². The van der Waals surface area contributed by atoms with E-state index in [1.165, 1.54) is 0 Å². The van der Waals surface area contributed by atoms with E-state index in [0.29, 0.717) is 43.5 Å². The summed E-state index contributed by atoms with van der Waals surface area (Å²) in [7, 11) is 0. The first kappa shape index (κ1) is 12.1. The van der Waals surface area contributed by atoms with Crippen molar-refractivity contribution in [2.75, 3.05) is 0 Å². The third kappa shape index (κ3) is 2.56. The first-order valence-corrected chi connectivity index (χ1v) is 10.6. The summed E-state index contributed by atoms with van der Waals surface area (Å²) in [5.74, 6) is 0. The number of hydrogen-bond donors (Lipinski definition) is 0. The molecule has 0 nitrogen and oxygen atoms in total. The fourth-order valence-corrected chi connectivity index (χ4v) is 8.63. The van der Waals surface area contributed by atoms with Crippen molar-refractivity contribution in [2.45, 2.75) is 13.8 Å². The zero-order chi connectivity index (χ0) is 11.8. The van der Waals surface area contributed by atoms with Gasteiger partial charge in [-0.05, 0) is 0 Å². The molecule has 0 fully saturated rings. The van der Waals surface area contributed by atoms with Gasteiger partial charge < -0.3 is 0 Å². The Bertz CT molecular complexity index is 585. The van der Waals surface area contributed by atoms with Gasteiger partial charge in [-0.2, -0.15) is 0 Å². The van der Waals surface area contributed by atoms with E-state index < -0.39 is 0 Å². The Morgan fingerprint density at radius 1 is 0.529 bits per heavy atom. The van der Waals surface area contributed by atoms with Gasteiger partial charge >= 0.3 is 120 Å². The summed E-state index contributed by atoms with van der Waals surface area (Å²) < 4.78 is 9.55. The van der Waals surface area contributed by atoms with Crippen LogP contribution in [-0.2, 0) is 0 Å². The van der Waals surface area contributed by atoms with Gasteiger partial charge in [-0.25, -0.2) is 0 Å². The Morgan fingerprint density at radius 2 is 0.882 bits per heavy atom. The van der Waals surface area contributed by atoms with Crippen LogP contribution in [0.2, 0.25) is 0 Å². The monoisotopic (exact) mass is 420 g/mol. The summed E-state index contributed by atoms with van der Waals surface area (Å²) in [5, 5.41) is 0. The van der Waals surface area contributed by atoms with Gasteiger partial charge in [0.25, 0.3) is 0 Å². The third-order valence-electron chi connectivity index (χ3n) is 2.57. The van der Waals surface area contributed by atoms with Crippen LogP contribution in [-0.4, -0.2) is 43.5 Å². The molecule has 3 heterocycles. The molecule has 0 bridgehead atoms. The molecule has 3 aromatic rings. The number of hydrogen-bond acceptors (Lipinski definition) is 0. The molecule has 17 heavy (non-hydrogen) atoms. The van der Waals surface area contributed by atoms with Crippen molar-refractivity contribution < 1.29 is 0 Å². The normalized spacial score (nSPS) is 10.9. The second kappa shape index (κ2) is 4.94. The molecule has 3 rings (SSSR count). The molecule has 0 unspecified atom stereocenters. The van der Waals surface area contributed by atoms with Crippen LogP contribution in [0.3, 0.4) is 0 Å². The van der Waals surface area contributed by atoms with Gasteiger partial charge in [0.1, 0.15) is 0 Å². The van der Waals surface area contributed by atoms with Gasteiger partial charge in [0, 0.05) is 0 Å². The van der Waals surface area contributed by atoms with Gasteiger partial charge in [-0.3, -0.25) is 0 Å². The molecule has 0 aromatic carbocycles. The maximum absolute atomic E-state index is 2.36. The van der Waals surface area contributed by atoms with Crippen LogP contribution in [0.5, 0.6) is 0 Å². The van der Waals surface area contributed by atoms with E-state index in [-0.39, 0.29) is 0 Å². The zero-order valence-corrected chi connectivity index (χ0v) is 14.8. The summed E-state index contributed by atoms with van der Waals surface area (Å²) in [6.07, 6.45) is 0. The topological polar surface area (TPSA) is 0 Å². The summed E-state index contributed by atoms with van der Waals surface area (Å²) in [4.78, 5) is 0. The summed E-state index contributed by atoms with van der Waals surface area (Å²) in [5.41, 5.74) is 0. The molecule has 0 aliphatic heterocycles. The summed E-state index contributed by atoms with van der Waals surface area (Å²) >= 11 is 1.75. The van der Waals surface area contributed by atoms with Crippen LogP contribution >= 0.6 is 0 Å². The molecule has 0 radical (unpaired) electrons. The van der Waals surface area contributed by atoms with Gasteiger partial charge in [0.2, 0.25) is 0 Å². The molecular formula is C14H12Se3. The number of rotatable bonds is 2. The first-order valence-electron chi connectivity index (χ1n) is 5.46. The molecule has 0 aliphatic rings. The van der Waals surface area contributed by atoms with E-state index in [1.807, 2.05) is 0 Å². The predicted octanol–water partition coefficient (Wildman–Crippen LogP) is 2.81. The minimum atomic E-state index is 0.554. The average molecular weight is 417 g/mol. The standard InChI is InChI=1S/C14H12Se3/c1-9-3-5-11(15-9)13-7-8-14(17-13)12-6-4-10(2)16-12/h3-8H,1-2H3. The maximum atomic E-state index is 2.36. The Kier molecular flexibility index (Phi) is 3.50. The summed E-state index contributed by atoms with van der Waals surface area (Å²) in [6, 6.07) is 14.0. The molecule has 0 aliphatic carbocycles. The van der Waals surface area contributed by atoms with Gasteiger partial charge in [-0.1, -0.05) is 0 Å². The third-order valence-corrected chi connectivity index (χ3v) is 10.6. The molecule has 0 saturated carbocycles. The molecular weight excluding hydrogens is 405 g/mol. The Hall–Kier alpha value is -0.00156. The van der Waals surface area contributed by atoms with Crippen molar-refractivity contribution >= 4 is 43.5 Å². The zero-order valence-electron chi connectivity index (χ0n) is 9.69. The SMILES string of the molecule is Cc1ccc(-c2ccc(-c3ccc(C)[se]3)[se]2)[se]1. The van der Waals surface area contributed by atoms with Crippen LogP contribution in [0.15, 0.2) is 36.4 Å². The molecule has 0 saturated heterocycles. The minimum absolute atomic E-state index is 0.554. The van der Waals surface area contributed by atoms with Crippen molar-refractivity contribution in [3.63, 3.8) is 0 Å². The Balaban J connectivity index is 1.98. The molecule has 3 heteroatoms. The van der Waals surface area contributed by atoms with Crippen LogP contribution in [0.1, 0.15) is 8.87 Å². The van der Waals surface area contributed by atoms with Crippen LogP contribution in [0.4, 0.5) is 0 Å². The van der Waals surface area contributed by atoms with E-state index in [9.17, 15) is 0 Å².